The van der Waals surface area contributed by atoms with Crippen LogP contribution in [0.1, 0.15) is 41.5 Å². The van der Waals surface area contributed by atoms with E-state index in [1.54, 1.807) is 41.5 Å². The maximum absolute atomic E-state index is 12.7. The molecule has 2 heterocycles. The molecule has 0 aliphatic carbocycles. The van der Waals surface area contributed by atoms with Gasteiger partial charge in [-0.25, -0.2) is 14.4 Å². The molecule has 19 heteroatoms. The van der Waals surface area contributed by atoms with E-state index in [2.05, 4.69) is 21.7 Å². The van der Waals surface area contributed by atoms with Crippen molar-refractivity contribution in [1.82, 2.24) is 21.7 Å². The SMILES string of the molecule is CNNCC(O[C@@H]1OC(C(=O)O)[C@@H](C(C)(C)C)[C@@H](O)C1O)C(OC(CNNC)[C@@H]1C(C(=O)O)O[C@@H](OC(C)(C)C)C(O)[C@@H]1O)C(=O)O. The van der Waals surface area contributed by atoms with E-state index < -0.39 is 108 Å². The van der Waals surface area contributed by atoms with Crippen LogP contribution in [0, 0.1) is 17.3 Å². The average molecular weight is 685 g/mol. The molecule has 7 unspecified atom stereocenters. The Balaban J connectivity index is 2.49. The number of aliphatic carboxylic acids is 3. The van der Waals surface area contributed by atoms with Gasteiger partial charge >= 0.3 is 17.9 Å². The van der Waals surface area contributed by atoms with E-state index in [1.807, 2.05) is 0 Å². The van der Waals surface area contributed by atoms with Crippen molar-refractivity contribution in [3.8, 4) is 0 Å². The van der Waals surface area contributed by atoms with E-state index in [1.165, 1.54) is 14.1 Å². The minimum Gasteiger partial charge on any atom is -0.479 e. The predicted octanol–water partition coefficient (Wildman–Crippen LogP) is -3.19. The van der Waals surface area contributed by atoms with Gasteiger partial charge in [0, 0.05) is 19.0 Å². The highest BCUT2D eigenvalue weighted by atomic mass is 16.7. The maximum atomic E-state index is 12.7. The fourth-order valence-corrected chi connectivity index (χ4v) is 5.69. The minimum atomic E-state index is -2.00. The van der Waals surface area contributed by atoms with Gasteiger partial charge in [0.1, 0.15) is 18.3 Å². The molecule has 0 radical (unpaired) electrons. The molecule has 47 heavy (non-hydrogen) atoms. The molecule has 11 N–H and O–H groups in total. The fraction of sp³-hybridized carbons (Fsp3) is 0.893. The largest absolute Gasteiger partial charge is 0.479 e. The summed E-state index contributed by atoms with van der Waals surface area (Å²) in [6.07, 6.45) is -19.1. The van der Waals surface area contributed by atoms with Crippen molar-refractivity contribution in [2.45, 2.75) is 115 Å². The van der Waals surface area contributed by atoms with Gasteiger partial charge in [0.05, 0.1) is 29.8 Å². The van der Waals surface area contributed by atoms with Gasteiger partial charge in [0.2, 0.25) is 0 Å². The Kier molecular flexibility index (Phi) is 14.9. The smallest absolute Gasteiger partial charge is 0.335 e. The minimum absolute atomic E-state index is 0.325. The van der Waals surface area contributed by atoms with E-state index in [9.17, 15) is 50.1 Å². The van der Waals surface area contributed by atoms with Crippen molar-refractivity contribution in [2.24, 2.45) is 17.3 Å². The molecule has 0 aromatic rings. The van der Waals surface area contributed by atoms with Crippen LogP contribution < -0.4 is 21.7 Å². The highest BCUT2D eigenvalue weighted by Crippen LogP contribution is 2.40. The molecule has 0 bridgehead atoms. The summed E-state index contributed by atoms with van der Waals surface area (Å²) in [5, 5.41) is 74.2. The first-order valence-corrected chi connectivity index (χ1v) is 15.2. The van der Waals surface area contributed by atoms with Crippen molar-refractivity contribution in [3.05, 3.63) is 0 Å². The van der Waals surface area contributed by atoms with Crippen LogP contribution in [0.2, 0.25) is 0 Å². The number of carboxylic acid groups (broad SMARTS) is 3. The second kappa shape index (κ2) is 17.0. The first-order valence-electron chi connectivity index (χ1n) is 15.2. The van der Waals surface area contributed by atoms with Gasteiger partial charge in [-0.3, -0.25) is 21.7 Å². The number of carboxylic acids is 3. The van der Waals surface area contributed by atoms with Crippen molar-refractivity contribution < 1.29 is 73.8 Å². The highest BCUT2D eigenvalue weighted by molar-refractivity contribution is 5.74. The maximum Gasteiger partial charge on any atom is 0.335 e. The lowest BCUT2D eigenvalue weighted by molar-refractivity contribution is -0.323. The number of hydrogen-bond acceptors (Lipinski definition) is 16. The molecule has 0 saturated carbocycles. The summed E-state index contributed by atoms with van der Waals surface area (Å²) in [4.78, 5) is 37.2. The second-order valence-electron chi connectivity index (χ2n) is 13.6. The molecular formula is C28H52N4O15. The third-order valence-corrected chi connectivity index (χ3v) is 7.81. The molecule has 0 amide bonds. The molecule has 2 rings (SSSR count). The summed E-state index contributed by atoms with van der Waals surface area (Å²) in [5.41, 5.74) is 8.75. The molecule has 0 aromatic heterocycles. The van der Waals surface area contributed by atoms with Crippen LogP contribution in [0.5, 0.6) is 0 Å². The predicted molar refractivity (Wildman–Crippen MR) is 159 cm³/mol. The zero-order valence-corrected chi connectivity index (χ0v) is 27.8. The number of carbonyl (C=O) groups is 3. The van der Waals surface area contributed by atoms with E-state index in [0.29, 0.717) is 0 Å². The van der Waals surface area contributed by atoms with E-state index >= 15 is 0 Å². The Hall–Kier alpha value is -2.11. The third kappa shape index (κ3) is 10.7. The number of aliphatic hydroxyl groups is 4. The van der Waals surface area contributed by atoms with Crippen LogP contribution >= 0.6 is 0 Å². The van der Waals surface area contributed by atoms with Crippen molar-refractivity contribution in [1.29, 1.82) is 0 Å². The highest BCUT2D eigenvalue weighted by Gasteiger charge is 2.55. The summed E-state index contributed by atoms with van der Waals surface area (Å²) >= 11 is 0. The average Bonchev–Trinajstić information content (AvgIpc) is 2.94. The van der Waals surface area contributed by atoms with Crippen LogP contribution in [0.15, 0.2) is 0 Å². The first kappa shape index (κ1) is 41.1. The first-order chi connectivity index (χ1) is 21.7. The Bertz CT molecular complexity index is 1040. The normalized spacial score (nSPS) is 34.0. The van der Waals surface area contributed by atoms with Gasteiger partial charge in [-0.05, 0) is 40.3 Å². The summed E-state index contributed by atoms with van der Waals surface area (Å²) in [6, 6.07) is 0. The van der Waals surface area contributed by atoms with E-state index in [4.69, 9.17) is 23.7 Å². The Morgan fingerprint density at radius 2 is 1.26 bits per heavy atom. The monoisotopic (exact) mass is 684 g/mol. The molecule has 0 spiro atoms. The van der Waals surface area contributed by atoms with Gasteiger partial charge in [0.15, 0.2) is 30.9 Å². The lowest BCUT2D eigenvalue weighted by Gasteiger charge is -2.47. The van der Waals surface area contributed by atoms with Crippen molar-refractivity contribution in [3.63, 3.8) is 0 Å². The second-order valence-corrected chi connectivity index (χ2v) is 13.6. The fourth-order valence-electron chi connectivity index (χ4n) is 5.69. The van der Waals surface area contributed by atoms with Crippen LogP contribution in [0.4, 0.5) is 0 Å². The number of nitrogens with one attached hydrogen (secondary N) is 4. The molecule has 2 aliphatic heterocycles. The molecule has 13 atom stereocenters. The zero-order chi connectivity index (χ0) is 36.0. The van der Waals surface area contributed by atoms with Gasteiger partial charge < -0.3 is 59.4 Å². The summed E-state index contributed by atoms with van der Waals surface area (Å²) in [7, 11) is 2.93. The summed E-state index contributed by atoms with van der Waals surface area (Å²) in [5.74, 6) is -7.30. The molecule has 19 nitrogen and oxygen atoms in total. The number of hydrazine groups is 2. The quantitative estimate of drug-likeness (QED) is 0.0714. The lowest BCUT2D eigenvalue weighted by atomic mass is 9.71. The van der Waals surface area contributed by atoms with Crippen LogP contribution in [0.3, 0.4) is 0 Å². The number of hydrogen-bond donors (Lipinski definition) is 11. The Morgan fingerprint density at radius 1 is 0.745 bits per heavy atom. The molecule has 2 fully saturated rings. The zero-order valence-electron chi connectivity index (χ0n) is 27.8. The van der Waals surface area contributed by atoms with Gasteiger partial charge in [-0.1, -0.05) is 20.8 Å². The number of ether oxygens (including phenoxy) is 5. The van der Waals surface area contributed by atoms with Crippen LogP contribution in [-0.4, -0.2) is 154 Å². The van der Waals surface area contributed by atoms with Gasteiger partial charge in [-0.15, -0.1) is 0 Å². The molecule has 2 saturated heterocycles. The summed E-state index contributed by atoms with van der Waals surface area (Å²) < 4.78 is 28.5. The van der Waals surface area contributed by atoms with Crippen molar-refractivity contribution >= 4 is 17.9 Å². The molecule has 2 aliphatic rings. The Morgan fingerprint density at radius 3 is 1.72 bits per heavy atom. The Labute approximate surface area is 272 Å². The van der Waals surface area contributed by atoms with Gasteiger partial charge in [-0.2, -0.15) is 0 Å². The third-order valence-electron chi connectivity index (χ3n) is 7.81. The van der Waals surface area contributed by atoms with E-state index in [0.717, 1.165) is 0 Å². The number of rotatable bonds is 16. The van der Waals surface area contributed by atoms with Gasteiger partial charge in [0.25, 0.3) is 0 Å². The number of aliphatic hydroxyl groups excluding tert-OH is 4. The van der Waals surface area contributed by atoms with Crippen LogP contribution in [0.25, 0.3) is 0 Å². The van der Waals surface area contributed by atoms with Crippen molar-refractivity contribution in [2.75, 3.05) is 27.2 Å². The molecule has 274 valence electrons. The van der Waals surface area contributed by atoms with Crippen LogP contribution in [-0.2, 0) is 38.1 Å². The standard InChI is InChI=1S/C28H52N4O15/c1-27(2,3)14-16(34)18(36)25(46-21(14)24(41)42)44-12(10-32-30-8)19(22(37)38)43-11(9-31-29-7)13-15(33)17(35)26(47-28(4,5)6)45-20(13)23(39)40/h11-21,25-26,29-36H,9-10H2,1-8H3,(H,37,38)(H,39,40)(H,41,42)/t11?,12?,13-,14-,15+,16+,17?,18?,19?,20?,21?,25+,26-/m0/s1. The molecular weight excluding hydrogens is 632 g/mol. The van der Waals surface area contributed by atoms with E-state index in [-0.39, 0.29) is 13.1 Å². The summed E-state index contributed by atoms with van der Waals surface area (Å²) in [6.45, 7) is 9.17. The topological polar surface area (TPSA) is 287 Å². The molecule has 0 aromatic carbocycles. The lowest BCUT2D eigenvalue weighted by Crippen LogP contribution is -2.64.